The van der Waals surface area contributed by atoms with Crippen LogP contribution in [-0.2, 0) is 13.0 Å². The fraction of sp³-hybridized carbons (Fsp3) is 0.200. The second-order valence-corrected chi connectivity index (χ2v) is 6.35. The molecule has 1 amide bonds. The topological polar surface area (TPSA) is 71.0 Å². The highest BCUT2D eigenvalue weighted by Gasteiger charge is 2.27. The highest BCUT2D eigenvalue weighted by Crippen LogP contribution is 2.36. The Balaban J connectivity index is 1.48. The normalized spacial score (nSPS) is 15.6. The quantitative estimate of drug-likeness (QED) is 0.787. The molecule has 6 heteroatoms. The van der Waals surface area contributed by atoms with Gasteiger partial charge in [-0.05, 0) is 42.7 Å². The van der Waals surface area contributed by atoms with Gasteiger partial charge in [0.2, 0.25) is 0 Å². The Bertz CT molecular complexity index is 911. The van der Waals surface area contributed by atoms with Gasteiger partial charge in [0, 0.05) is 30.7 Å². The molecule has 1 unspecified atom stereocenters. The van der Waals surface area contributed by atoms with E-state index in [4.69, 9.17) is 0 Å². The monoisotopic (exact) mass is 345 g/mol. The molecule has 4 rings (SSSR count). The van der Waals surface area contributed by atoms with Crippen molar-refractivity contribution < 1.29 is 4.79 Å². The van der Waals surface area contributed by atoms with E-state index in [-0.39, 0.29) is 5.91 Å². The second-order valence-electron chi connectivity index (χ2n) is 6.35. The zero-order valence-electron chi connectivity index (χ0n) is 14.5. The predicted octanol–water partition coefficient (Wildman–Crippen LogP) is 2.88. The van der Waals surface area contributed by atoms with Gasteiger partial charge in [0.05, 0.1) is 12.4 Å². The van der Waals surface area contributed by atoms with Gasteiger partial charge in [-0.3, -0.25) is 9.78 Å². The number of anilines is 2. The Labute approximate surface area is 151 Å². The minimum atomic E-state index is -0.240. The number of carbonyl (C=O) groups excluding carboxylic acids is 1. The summed E-state index contributed by atoms with van der Waals surface area (Å²) in [4.78, 5) is 27.2. The van der Waals surface area contributed by atoms with Gasteiger partial charge in [0.1, 0.15) is 5.69 Å². The van der Waals surface area contributed by atoms with Crippen LogP contribution in [0.3, 0.4) is 0 Å². The molecule has 1 aliphatic heterocycles. The Morgan fingerprint density at radius 2 is 1.96 bits per heavy atom. The van der Waals surface area contributed by atoms with Crippen molar-refractivity contribution in [3.05, 3.63) is 78.0 Å². The minimum Gasteiger partial charge on any atom is -0.347 e. The first-order valence-corrected chi connectivity index (χ1v) is 8.58. The minimum absolute atomic E-state index is 0.240. The van der Waals surface area contributed by atoms with Crippen LogP contribution in [-0.4, -0.2) is 26.9 Å². The fourth-order valence-corrected chi connectivity index (χ4v) is 3.25. The van der Waals surface area contributed by atoms with Crippen LogP contribution in [0.2, 0.25) is 0 Å². The van der Waals surface area contributed by atoms with Crippen LogP contribution in [0.4, 0.5) is 11.5 Å². The average molecular weight is 345 g/mol. The van der Waals surface area contributed by atoms with Crippen LogP contribution in [0, 0.1) is 0 Å². The van der Waals surface area contributed by atoms with Crippen LogP contribution >= 0.6 is 0 Å². The predicted molar refractivity (Wildman–Crippen MR) is 99.2 cm³/mol. The van der Waals surface area contributed by atoms with E-state index >= 15 is 0 Å². The van der Waals surface area contributed by atoms with Gasteiger partial charge in [0.15, 0.2) is 5.82 Å². The average Bonchev–Trinajstić information content (AvgIpc) is 3.03. The number of benzene rings is 1. The van der Waals surface area contributed by atoms with E-state index in [1.807, 2.05) is 18.2 Å². The number of hydrogen-bond donors (Lipinski definition) is 1. The second kappa shape index (κ2) is 6.92. The maximum Gasteiger partial charge on any atom is 0.271 e. The molecular weight excluding hydrogens is 326 g/mol. The number of para-hydroxylation sites is 1. The van der Waals surface area contributed by atoms with E-state index < -0.39 is 0 Å². The van der Waals surface area contributed by atoms with Gasteiger partial charge in [-0.1, -0.05) is 18.2 Å². The Kier molecular flexibility index (Phi) is 4.31. The molecule has 2 aromatic heterocycles. The Morgan fingerprint density at radius 1 is 1.15 bits per heavy atom. The standard InChI is InChI=1S/C20H19N5O/c1-14-10-16-4-2-3-5-18(16)25(14)19-13-22-17(12-23-19)20(26)24-11-15-6-8-21-9-7-15/h2-9,12-14H,10-11H2,1H3,(H,24,26). The molecule has 26 heavy (non-hydrogen) atoms. The number of nitrogens with zero attached hydrogens (tertiary/aromatic N) is 4. The Hall–Kier alpha value is -3.28. The van der Waals surface area contributed by atoms with Crippen LogP contribution in [0.5, 0.6) is 0 Å². The van der Waals surface area contributed by atoms with Crippen molar-refractivity contribution in [1.29, 1.82) is 0 Å². The number of amides is 1. The summed E-state index contributed by atoms with van der Waals surface area (Å²) in [5.41, 5.74) is 3.76. The third-order valence-corrected chi connectivity index (χ3v) is 4.53. The van der Waals surface area contributed by atoms with Crippen molar-refractivity contribution in [2.75, 3.05) is 4.90 Å². The van der Waals surface area contributed by atoms with Crippen LogP contribution in [0.1, 0.15) is 28.5 Å². The fourth-order valence-electron chi connectivity index (χ4n) is 3.25. The summed E-state index contributed by atoms with van der Waals surface area (Å²) >= 11 is 0. The molecule has 1 aliphatic rings. The number of fused-ring (bicyclic) bond motifs is 1. The molecule has 1 atom stereocenters. The molecule has 1 N–H and O–H groups in total. The molecular formula is C20H19N5O. The summed E-state index contributed by atoms with van der Waals surface area (Å²) in [7, 11) is 0. The van der Waals surface area contributed by atoms with Gasteiger partial charge in [-0.25, -0.2) is 9.97 Å². The smallest absolute Gasteiger partial charge is 0.271 e. The summed E-state index contributed by atoms with van der Waals surface area (Å²) < 4.78 is 0. The molecule has 0 bridgehead atoms. The summed E-state index contributed by atoms with van der Waals surface area (Å²) in [6.45, 7) is 2.60. The maximum atomic E-state index is 12.3. The van der Waals surface area contributed by atoms with Gasteiger partial charge in [-0.15, -0.1) is 0 Å². The number of pyridine rings is 1. The van der Waals surface area contributed by atoms with Crippen molar-refractivity contribution in [1.82, 2.24) is 20.3 Å². The molecule has 6 nitrogen and oxygen atoms in total. The summed E-state index contributed by atoms with van der Waals surface area (Å²) in [6, 6.07) is 12.3. The SMILES string of the molecule is CC1Cc2ccccc2N1c1cnc(C(=O)NCc2ccncc2)cn1. The van der Waals surface area contributed by atoms with Crippen molar-refractivity contribution in [2.45, 2.75) is 25.9 Å². The first-order chi connectivity index (χ1) is 12.7. The highest BCUT2D eigenvalue weighted by molar-refractivity contribution is 5.92. The molecule has 1 aromatic carbocycles. The van der Waals surface area contributed by atoms with Crippen molar-refractivity contribution in [3.63, 3.8) is 0 Å². The van der Waals surface area contributed by atoms with Crippen molar-refractivity contribution >= 4 is 17.4 Å². The zero-order valence-corrected chi connectivity index (χ0v) is 14.5. The van der Waals surface area contributed by atoms with E-state index in [0.29, 0.717) is 18.3 Å². The number of nitrogens with one attached hydrogen (secondary N) is 1. The number of hydrogen-bond acceptors (Lipinski definition) is 5. The van der Waals surface area contributed by atoms with Crippen LogP contribution in [0.15, 0.2) is 61.2 Å². The number of rotatable bonds is 4. The lowest BCUT2D eigenvalue weighted by molar-refractivity contribution is 0.0945. The molecule has 0 radical (unpaired) electrons. The molecule has 3 aromatic rings. The first kappa shape index (κ1) is 16.2. The van der Waals surface area contributed by atoms with E-state index in [2.05, 4.69) is 50.3 Å². The molecule has 130 valence electrons. The van der Waals surface area contributed by atoms with Crippen molar-refractivity contribution in [2.24, 2.45) is 0 Å². The molecule has 0 saturated carbocycles. The molecule has 0 fully saturated rings. The van der Waals surface area contributed by atoms with E-state index in [0.717, 1.165) is 23.5 Å². The number of carbonyl (C=O) groups is 1. The first-order valence-electron chi connectivity index (χ1n) is 8.58. The van der Waals surface area contributed by atoms with Crippen molar-refractivity contribution in [3.8, 4) is 0 Å². The summed E-state index contributed by atoms with van der Waals surface area (Å²) in [6.07, 6.45) is 7.58. The zero-order chi connectivity index (χ0) is 17.9. The number of aromatic nitrogens is 3. The maximum absolute atomic E-state index is 12.3. The lowest BCUT2D eigenvalue weighted by Gasteiger charge is -2.23. The van der Waals surface area contributed by atoms with Gasteiger partial charge < -0.3 is 10.2 Å². The molecule has 0 aliphatic carbocycles. The summed E-state index contributed by atoms with van der Waals surface area (Å²) in [5, 5.41) is 2.85. The van der Waals surface area contributed by atoms with Gasteiger partial charge in [-0.2, -0.15) is 0 Å². The largest absolute Gasteiger partial charge is 0.347 e. The highest BCUT2D eigenvalue weighted by atomic mass is 16.1. The van der Waals surface area contributed by atoms with Gasteiger partial charge >= 0.3 is 0 Å². The van der Waals surface area contributed by atoms with Crippen LogP contribution < -0.4 is 10.2 Å². The van der Waals surface area contributed by atoms with E-state index in [9.17, 15) is 4.79 Å². The summed E-state index contributed by atoms with van der Waals surface area (Å²) in [5.74, 6) is 0.517. The molecule has 0 saturated heterocycles. The van der Waals surface area contributed by atoms with Gasteiger partial charge in [0.25, 0.3) is 5.91 Å². The van der Waals surface area contributed by atoms with Crippen LogP contribution in [0.25, 0.3) is 0 Å². The van der Waals surface area contributed by atoms with E-state index in [1.165, 1.54) is 11.8 Å². The van der Waals surface area contributed by atoms with E-state index in [1.54, 1.807) is 18.6 Å². The third kappa shape index (κ3) is 3.13. The lowest BCUT2D eigenvalue weighted by atomic mass is 10.1. The third-order valence-electron chi connectivity index (χ3n) is 4.53. The molecule has 0 spiro atoms. The molecule has 3 heterocycles. The Morgan fingerprint density at radius 3 is 2.73 bits per heavy atom. The lowest BCUT2D eigenvalue weighted by Crippen LogP contribution is -2.26.